The van der Waals surface area contributed by atoms with E-state index >= 15 is 0 Å². The molecule has 0 saturated carbocycles. The van der Waals surface area contributed by atoms with Crippen molar-refractivity contribution in [2.75, 3.05) is 46.8 Å². The van der Waals surface area contributed by atoms with Crippen molar-refractivity contribution in [1.82, 2.24) is 14.0 Å². The summed E-state index contributed by atoms with van der Waals surface area (Å²) in [7, 11) is 4.76. The van der Waals surface area contributed by atoms with Crippen LogP contribution in [0, 0.1) is 10.1 Å². The van der Waals surface area contributed by atoms with Gasteiger partial charge < -0.3 is 84.9 Å². The number of fused-ring (bicyclic) bond motifs is 2. The molecule has 7 atom stereocenters. The van der Waals surface area contributed by atoms with Crippen molar-refractivity contribution in [3.8, 4) is 28.4 Å². The number of nitro benzene ring substituents is 1. The number of aliphatic hydroxyl groups excluding tert-OH is 4. The predicted octanol–water partition coefficient (Wildman–Crippen LogP) is 4.57. The number of nitro groups is 1. The van der Waals surface area contributed by atoms with E-state index in [-0.39, 0.29) is 65.9 Å². The topological polar surface area (TPSA) is 371 Å². The molecule has 436 valence electrons. The number of aryl methyl sites for hydroxylation is 2. The molecule has 27 nitrogen and oxygen atoms in total. The first-order valence-electron chi connectivity index (χ1n) is 26.1. The van der Waals surface area contributed by atoms with Crippen molar-refractivity contribution in [2.24, 2.45) is 14.1 Å². The molecule has 2 saturated heterocycles. The molecule has 2 aromatic heterocycles. The number of nitrogen functional groups attached to an aromatic ring is 1. The van der Waals surface area contributed by atoms with Crippen LogP contribution in [0.1, 0.15) is 69.0 Å². The minimum absolute atomic E-state index is 0.0291. The summed E-state index contributed by atoms with van der Waals surface area (Å²) in [6.07, 6.45) is -7.81. The molecule has 27 heteroatoms. The molecule has 3 aliphatic rings. The van der Waals surface area contributed by atoms with Gasteiger partial charge in [-0.2, -0.15) is 0 Å². The lowest BCUT2D eigenvalue weighted by Gasteiger charge is -2.38. The fourth-order valence-electron chi connectivity index (χ4n) is 9.92. The number of hydrogen-bond donors (Lipinski definition) is 9. The van der Waals surface area contributed by atoms with Crippen molar-refractivity contribution in [2.45, 2.75) is 81.7 Å². The Balaban J connectivity index is 0.817. The lowest BCUT2D eigenvalue weighted by atomic mass is 9.99. The number of nitrogens with two attached hydrogens (primary N) is 1. The molecule has 0 spiro atoms. The number of ether oxygens (including phenoxy) is 5. The zero-order valence-electron chi connectivity index (χ0n) is 44.9. The molecule has 2 fully saturated rings. The first-order chi connectivity index (χ1) is 39.7. The Kier molecular flexibility index (Phi) is 17.3. The predicted molar refractivity (Wildman–Crippen MR) is 295 cm³/mol. The molecule has 0 radical (unpaired) electrons. The number of carboxylic acid groups (broad SMARTS) is 1. The van der Waals surface area contributed by atoms with Crippen LogP contribution < -0.4 is 40.8 Å². The second kappa shape index (κ2) is 24.7. The standard InChI is InChI=1S/C56H59N9O18/c1-61-26-31(22-40(61)50(70)60-34-16-12-32(57)13-17-34)30-10-14-33(15-11-30)59-51(71)41-23-35(27-62(41)2)58-45(66)8-6-20-80-44-25-38-36(24-43(44)79-3)52(72)63-19-5-4-7-37(63)53(73)64(38)56(76)81-28-29-9-18-42(39(21-29)65(77)78)82-55-48(69)46(67)47(68)49(83-55)54(74)75/h9-18,21-27,37,46-49,53,55,67-69,73H,4-8,19-20,28,57H2,1-3H3,(H,58,66)(H,59,71)(H,60,70)(H,74,75)/t37-,46-,47-,48+,49-,53?,55+/m0/s1. The van der Waals surface area contributed by atoms with E-state index in [1.165, 1.54) is 36.3 Å². The number of hydrogen-bond acceptors (Lipinski definition) is 18. The summed E-state index contributed by atoms with van der Waals surface area (Å²) < 4.78 is 31.1. The number of nitrogens with one attached hydrogen (secondary N) is 3. The lowest BCUT2D eigenvalue weighted by Crippen LogP contribution is -2.61. The number of aromatic nitrogens is 2. The monoisotopic (exact) mass is 1150 g/mol. The molecule has 1 unspecified atom stereocenters. The van der Waals surface area contributed by atoms with Crippen molar-refractivity contribution in [3.05, 3.63) is 136 Å². The molecule has 5 amide bonds. The van der Waals surface area contributed by atoms with E-state index in [9.17, 15) is 64.4 Å². The lowest BCUT2D eigenvalue weighted by molar-refractivity contribution is -0.387. The van der Waals surface area contributed by atoms with Crippen molar-refractivity contribution >= 4 is 69.8 Å². The van der Waals surface area contributed by atoms with Gasteiger partial charge in [-0.3, -0.25) is 29.3 Å². The van der Waals surface area contributed by atoms with Gasteiger partial charge in [0.15, 0.2) is 29.6 Å². The zero-order valence-corrected chi connectivity index (χ0v) is 44.9. The highest BCUT2D eigenvalue weighted by Crippen LogP contribution is 2.42. The molecule has 6 aromatic rings. The van der Waals surface area contributed by atoms with E-state index in [0.29, 0.717) is 47.7 Å². The average Bonchev–Trinajstić information content (AvgIpc) is 2.64. The van der Waals surface area contributed by atoms with Gasteiger partial charge in [-0.25, -0.2) is 14.5 Å². The van der Waals surface area contributed by atoms with Crippen LogP contribution in [0.25, 0.3) is 11.1 Å². The van der Waals surface area contributed by atoms with Gasteiger partial charge in [-0.1, -0.05) is 18.2 Å². The first kappa shape index (κ1) is 58.1. The number of carbonyl (C=O) groups excluding carboxylic acids is 5. The maximum atomic E-state index is 14.2. The summed E-state index contributed by atoms with van der Waals surface area (Å²) in [5.74, 6) is -3.75. The Bertz CT molecular complexity index is 3460. The van der Waals surface area contributed by atoms with Crippen LogP contribution in [0.3, 0.4) is 0 Å². The van der Waals surface area contributed by atoms with Gasteiger partial charge in [-0.15, -0.1) is 0 Å². The fraction of sp³-hybridized carbons (Fsp3) is 0.321. The van der Waals surface area contributed by atoms with Crippen LogP contribution in [-0.2, 0) is 39.8 Å². The van der Waals surface area contributed by atoms with E-state index in [0.717, 1.165) is 28.2 Å². The van der Waals surface area contributed by atoms with Crippen LogP contribution in [0.5, 0.6) is 17.2 Å². The molecule has 10 N–H and O–H groups in total. The number of aliphatic carboxylic acids is 1. The highest BCUT2D eigenvalue weighted by atomic mass is 16.7. The average molecular weight is 1150 g/mol. The summed E-state index contributed by atoms with van der Waals surface area (Å²) in [4.78, 5) is 93.3. The second-order valence-corrected chi connectivity index (χ2v) is 19.9. The van der Waals surface area contributed by atoms with Crippen LogP contribution in [0.15, 0.2) is 103 Å². The second-order valence-electron chi connectivity index (χ2n) is 19.9. The number of nitrogens with zero attached hydrogens (tertiary/aromatic N) is 5. The number of methoxy groups -OCH3 is 1. The third-order valence-corrected chi connectivity index (χ3v) is 14.2. The Hall–Kier alpha value is -9.54. The quantitative estimate of drug-likeness (QED) is 0.0246. The minimum Gasteiger partial charge on any atom is -0.493 e. The summed E-state index contributed by atoms with van der Waals surface area (Å²) in [5.41, 5.74) is 9.23. The van der Waals surface area contributed by atoms with E-state index < -0.39 is 95.7 Å². The normalized spacial score (nSPS) is 20.2. The van der Waals surface area contributed by atoms with Crippen molar-refractivity contribution < 1.29 is 82.9 Å². The number of rotatable bonds is 18. The van der Waals surface area contributed by atoms with E-state index in [2.05, 4.69) is 16.0 Å². The van der Waals surface area contributed by atoms with Gasteiger partial charge in [0.05, 0.1) is 41.6 Å². The molecular formula is C56H59N9O18. The maximum Gasteiger partial charge on any atom is 0.416 e. The highest BCUT2D eigenvalue weighted by molar-refractivity contribution is 6.07. The van der Waals surface area contributed by atoms with Gasteiger partial charge in [0.25, 0.3) is 17.7 Å². The molecular weight excluding hydrogens is 1090 g/mol. The third kappa shape index (κ3) is 12.7. The zero-order chi connectivity index (χ0) is 59.4. The first-order valence-corrected chi connectivity index (χ1v) is 26.1. The van der Waals surface area contributed by atoms with E-state index in [1.807, 2.05) is 18.3 Å². The number of amides is 5. The summed E-state index contributed by atoms with van der Waals surface area (Å²) >= 11 is 0. The fourth-order valence-corrected chi connectivity index (χ4v) is 9.92. The van der Waals surface area contributed by atoms with Gasteiger partial charge in [0.1, 0.15) is 36.3 Å². The van der Waals surface area contributed by atoms with Gasteiger partial charge in [0.2, 0.25) is 12.2 Å². The van der Waals surface area contributed by atoms with Crippen molar-refractivity contribution in [3.63, 3.8) is 0 Å². The number of carboxylic acids is 1. The van der Waals surface area contributed by atoms with Crippen LogP contribution >= 0.6 is 0 Å². The minimum atomic E-state index is -2.05. The van der Waals surface area contributed by atoms with E-state index in [4.69, 9.17) is 29.4 Å². The highest BCUT2D eigenvalue weighted by Gasteiger charge is 2.49. The molecule has 83 heavy (non-hydrogen) atoms. The summed E-state index contributed by atoms with van der Waals surface area (Å²) in [5, 5.41) is 72.6. The van der Waals surface area contributed by atoms with Crippen LogP contribution in [-0.4, -0.2) is 143 Å². The Morgan fingerprint density at radius 1 is 0.771 bits per heavy atom. The summed E-state index contributed by atoms with van der Waals surface area (Å²) in [6.45, 7) is -0.430. The Labute approximate surface area is 472 Å². The molecule has 9 rings (SSSR count). The smallest absolute Gasteiger partial charge is 0.416 e. The number of piperidine rings is 1. The largest absolute Gasteiger partial charge is 0.493 e. The number of carbonyl (C=O) groups is 6. The Morgan fingerprint density at radius 2 is 1.45 bits per heavy atom. The van der Waals surface area contributed by atoms with Crippen molar-refractivity contribution in [1.29, 1.82) is 0 Å². The number of anilines is 5. The molecule has 5 heterocycles. The van der Waals surface area contributed by atoms with E-state index in [1.54, 1.807) is 71.9 Å². The number of aliphatic hydroxyl groups is 4. The van der Waals surface area contributed by atoms with Gasteiger partial charge in [-0.05, 0) is 97.5 Å². The van der Waals surface area contributed by atoms with Gasteiger partial charge in [0, 0.05) is 74.2 Å². The molecule has 0 aliphatic carbocycles. The molecule has 3 aliphatic heterocycles. The number of benzene rings is 4. The maximum absolute atomic E-state index is 14.2. The Morgan fingerprint density at radius 3 is 2.12 bits per heavy atom. The molecule has 0 bridgehead atoms. The van der Waals surface area contributed by atoms with Crippen LogP contribution in [0.2, 0.25) is 0 Å². The van der Waals surface area contributed by atoms with Crippen LogP contribution in [0.4, 0.5) is 38.9 Å². The third-order valence-electron chi connectivity index (χ3n) is 14.2. The summed E-state index contributed by atoms with van der Waals surface area (Å²) in [6, 6.07) is 22.3. The van der Waals surface area contributed by atoms with Gasteiger partial charge >= 0.3 is 17.7 Å². The SMILES string of the molecule is COc1cc2c(cc1OCCCC(=O)Nc1cc(C(=O)Nc3ccc(-c4cc(C(=O)Nc5ccc(N)cc5)n(C)c4)cc3)n(C)c1)N(C(=O)OCc1ccc(O[C@@H]3O[C@H](C(=O)O)[C@@H](O)[C@H](O)[C@H]3O)c([N+](=O)[O-])c1)C(O)[C@@H]1CCCCN1C2=O. The molecule has 4 aromatic carbocycles.